The topological polar surface area (TPSA) is 48.1 Å². The van der Waals surface area contributed by atoms with Crippen molar-refractivity contribution in [2.75, 3.05) is 26.4 Å². The fourth-order valence-corrected chi connectivity index (χ4v) is 2.51. The van der Waals surface area contributed by atoms with Crippen LogP contribution in [-0.4, -0.2) is 38.5 Å². The number of rotatable bonds is 14. The Morgan fingerprint density at radius 1 is 1.04 bits per heavy atom. The van der Waals surface area contributed by atoms with Crippen LogP contribution in [0.25, 0.3) is 0 Å². The standard InChI is InChI=1S/C21H30O4/c22-21(19-13-9-8-10-14-19)24-16-12-7-5-3-1-2-4-6-11-15-23-17-20-18-25-20/h6,8-11,13-14,20H,1-5,7,12,15-18H2/b11-6-. The fourth-order valence-electron chi connectivity index (χ4n) is 2.51. The number of epoxide rings is 1. The molecule has 1 fully saturated rings. The molecule has 1 aliphatic rings. The molecule has 1 saturated heterocycles. The Balaban J connectivity index is 1.31. The van der Waals surface area contributed by atoms with Gasteiger partial charge in [0, 0.05) is 0 Å². The molecular weight excluding hydrogens is 316 g/mol. The van der Waals surface area contributed by atoms with Gasteiger partial charge in [0.05, 0.1) is 32.0 Å². The molecule has 1 atom stereocenters. The van der Waals surface area contributed by atoms with Gasteiger partial charge in [-0.15, -0.1) is 0 Å². The molecule has 0 radical (unpaired) electrons. The predicted molar refractivity (Wildman–Crippen MR) is 98.7 cm³/mol. The van der Waals surface area contributed by atoms with Crippen LogP contribution in [0.2, 0.25) is 0 Å². The third-order valence-corrected chi connectivity index (χ3v) is 4.09. The average Bonchev–Trinajstić information content (AvgIpc) is 3.47. The van der Waals surface area contributed by atoms with Gasteiger partial charge < -0.3 is 14.2 Å². The van der Waals surface area contributed by atoms with Gasteiger partial charge in [-0.1, -0.05) is 56.0 Å². The number of carbonyl (C=O) groups excluding carboxylic acids is 1. The van der Waals surface area contributed by atoms with Crippen LogP contribution in [0.4, 0.5) is 0 Å². The summed E-state index contributed by atoms with van der Waals surface area (Å²) in [6.45, 7) is 2.80. The van der Waals surface area contributed by atoms with Crippen molar-refractivity contribution in [3.63, 3.8) is 0 Å². The van der Waals surface area contributed by atoms with Gasteiger partial charge in [-0.3, -0.25) is 0 Å². The molecule has 25 heavy (non-hydrogen) atoms. The van der Waals surface area contributed by atoms with Gasteiger partial charge in [0.15, 0.2) is 0 Å². The summed E-state index contributed by atoms with van der Waals surface area (Å²) in [4.78, 5) is 11.7. The lowest BCUT2D eigenvalue weighted by Crippen LogP contribution is -2.06. The summed E-state index contributed by atoms with van der Waals surface area (Å²) in [7, 11) is 0. The molecule has 1 aliphatic heterocycles. The van der Waals surface area contributed by atoms with E-state index in [1.54, 1.807) is 12.1 Å². The van der Waals surface area contributed by atoms with Crippen LogP contribution >= 0.6 is 0 Å². The molecule has 138 valence electrons. The largest absolute Gasteiger partial charge is 0.462 e. The fraction of sp³-hybridized carbons (Fsp3) is 0.571. The highest BCUT2D eigenvalue weighted by molar-refractivity contribution is 5.89. The number of carbonyl (C=O) groups is 1. The molecule has 2 rings (SSSR count). The maximum absolute atomic E-state index is 11.7. The molecule has 4 nitrogen and oxygen atoms in total. The Morgan fingerprint density at radius 3 is 2.52 bits per heavy atom. The zero-order valence-electron chi connectivity index (χ0n) is 15.0. The third kappa shape index (κ3) is 10.0. The van der Waals surface area contributed by atoms with E-state index in [0.717, 1.165) is 32.5 Å². The van der Waals surface area contributed by atoms with Crippen molar-refractivity contribution >= 4 is 5.97 Å². The Kier molecular flexibility index (Phi) is 9.97. The summed E-state index contributed by atoms with van der Waals surface area (Å²) in [5.74, 6) is -0.221. The van der Waals surface area contributed by atoms with Crippen LogP contribution < -0.4 is 0 Å². The number of unbranched alkanes of at least 4 members (excludes halogenated alkanes) is 6. The SMILES string of the molecule is O=C(OCCCCCCCC/C=C\COCC1CO1)c1ccccc1. The number of ether oxygens (including phenoxy) is 3. The van der Waals surface area contributed by atoms with E-state index in [0.29, 0.717) is 24.9 Å². The molecule has 0 spiro atoms. The van der Waals surface area contributed by atoms with Crippen molar-refractivity contribution < 1.29 is 19.0 Å². The highest BCUT2D eigenvalue weighted by Gasteiger charge is 2.21. The third-order valence-electron chi connectivity index (χ3n) is 4.09. The zero-order chi connectivity index (χ0) is 17.6. The molecule has 4 heteroatoms. The summed E-state index contributed by atoms with van der Waals surface area (Å²) in [5.41, 5.74) is 0.627. The normalized spacial score (nSPS) is 16.2. The Labute approximate surface area is 151 Å². The average molecular weight is 346 g/mol. The number of hydrogen-bond acceptors (Lipinski definition) is 4. The molecule has 0 aliphatic carbocycles. The number of esters is 1. The van der Waals surface area contributed by atoms with Crippen LogP contribution in [0.5, 0.6) is 0 Å². The van der Waals surface area contributed by atoms with Crippen molar-refractivity contribution in [2.24, 2.45) is 0 Å². The second-order valence-corrected chi connectivity index (χ2v) is 6.38. The number of hydrogen-bond donors (Lipinski definition) is 0. The van der Waals surface area contributed by atoms with Crippen LogP contribution in [-0.2, 0) is 14.2 Å². The van der Waals surface area contributed by atoms with Crippen molar-refractivity contribution in [2.45, 2.75) is 51.0 Å². The van der Waals surface area contributed by atoms with Gasteiger partial charge in [-0.25, -0.2) is 4.79 Å². The quantitative estimate of drug-likeness (QED) is 0.215. The van der Waals surface area contributed by atoms with E-state index < -0.39 is 0 Å². The van der Waals surface area contributed by atoms with E-state index in [9.17, 15) is 4.79 Å². The molecule has 1 aromatic carbocycles. The second kappa shape index (κ2) is 12.7. The zero-order valence-corrected chi connectivity index (χ0v) is 15.0. The minimum Gasteiger partial charge on any atom is -0.462 e. The molecule has 0 amide bonds. The van der Waals surface area contributed by atoms with E-state index in [-0.39, 0.29) is 5.97 Å². The number of benzene rings is 1. The first kappa shape index (κ1) is 19.7. The maximum Gasteiger partial charge on any atom is 0.338 e. The Morgan fingerprint density at radius 2 is 1.76 bits per heavy atom. The van der Waals surface area contributed by atoms with Gasteiger partial charge in [0.1, 0.15) is 6.10 Å². The first-order valence-corrected chi connectivity index (χ1v) is 9.43. The smallest absolute Gasteiger partial charge is 0.338 e. The van der Waals surface area contributed by atoms with Gasteiger partial charge in [0.2, 0.25) is 0 Å². The van der Waals surface area contributed by atoms with E-state index in [2.05, 4.69) is 12.2 Å². The van der Waals surface area contributed by atoms with E-state index >= 15 is 0 Å². The molecule has 0 aromatic heterocycles. The van der Waals surface area contributed by atoms with Crippen molar-refractivity contribution in [3.8, 4) is 0 Å². The predicted octanol–water partition coefficient (Wildman–Crippen LogP) is 4.55. The molecular formula is C21H30O4. The van der Waals surface area contributed by atoms with Crippen molar-refractivity contribution in [1.29, 1.82) is 0 Å². The molecule has 1 unspecified atom stereocenters. The van der Waals surface area contributed by atoms with Gasteiger partial charge in [-0.05, 0) is 31.4 Å². The van der Waals surface area contributed by atoms with Crippen LogP contribution in [0.3, 0.4) is 0 Å². The van der Waals surface area contributed by atoms with E-state index in [1.165, 1.54) is 25.7 Å². The first-order chi connectivity index (χ1) is 12.4. The summed E-state index contributed by atoms with van der Waals surface area (Å²) in [6, 6.07) is 9.16. The number of allylic oxidation sites excluding steroid dienone is 1. The lowest BCUT2D eigenvalue weighted by molar-refractivity contribution is 0.0497. The first-order valence-electron chi connectivity index (χ1n) is 9.43. The second-order valence-electron chi connectivity index (χ2n) is 6.38. The van der Waals surface area contributed by atoms with Crippen molar-refractivity contribution in [3.05, 3.63) is 48.0 Å². The van der Waals surface area contributed by atoms with Crippen LogP contribution in [0, 0.1) is 0 Å². The van der Waals surface area contributed by atoms with Gasteiger partial charge >= 0.3 is 5.97 Å². The molecule has 0 bridgehead atoms. The highest BCUT2D eigenvalue weighted by atomic mass is 16.6. The minimum atomic E-state index is -0.221. The molecule has 1 heterocycles. The molecule has 0 saturated carbocycles. The lowest BCUT2D eigenvalue weighted by Gasteiger charge is -2.04. The summed E-state index contributed by atoms with van der Waals surface area (Å²) >= 11 is 0. The monoisotopic (exact) mass is 346 g/mol. The maximum atomic E-state index is 11.7. The van der Waals surface area contributed by atoms with Crippen molar-refractivity contribution in [1.82, 2.24) is 0 Å². The molecule has 1 aromatic rings. The summed E-state index contributed by atoms with van der Waals surface area (Å²) in [6.07, 6.45) is 12.8. The minimum absolute atomic E-state index is 0.221. The van der Waals surface area contributed by atoms with Gasteiger partial charge in [0.25, 0.3) is 0 Å². The molecule has 0 N–H and O–H groups in total. The van der Waals surface area contributed by atoms with Crippen LogP contribution in [0.15, 0.2) is 42.5 Å². The summed E-state index contributed by atoms with van der Waals surface area (Å²) in [5, 5.41) is 0. The van der Waals surface area contributed by atoms with E-state index in [4.69, 9.17) is 14.2 Å². The Hall–Kier alpha value is -1.65. The van der Waals surface area contributed by atoms with Crippen LogP contribution in [0.1, 0.15) is 55.3 Å². The Bertz CT molecular complexity index is 494. The van der Waals surface area contributed by atoms with E-state index in [1.807, 2.05) is 18.2 Å². The lowest BCUT2D eigenvalue weighted by atomic mass is 10.1. The van der Waals surface area contributed by atoms with Gasteiger partial charge in [-0.2, -0.15) is 0 Å². The summed E-state index contributed by atoms with van der Waals surface area (Å²) < 4.78 is 15.8. The highest BCUT2D eigenvalue weighted by Crippen LogP contribution is 2.09.